The first-order valence-corrected chi connectivity index (χ1v) is 8.09. The number of rotatable bonds is 4. The van der Waals surface area contributed by atoms with Gasteiger partial charge < -0.3 is 5.32 Å². The minimum atomic E-state index is -0.0280. The molecule has 0 aliphatic heterocycles. The summed E-state index contributed by atoms with van der Waals surface area (Å²) in [4.78, 5) is 0. The Morgan fingerprint density at radius 1 is 1.10 bits per heavy atom. The highest BCUT2D eigenvalue weighted by Gasteiger charge is 2.18. The molecule has 106 valence electrons. The molecule has 1 atom stereocenters. The molecule has 1 N–H and O–H groups in total. The smallest absolute Gasteiger partial charge is 0.0643 e. The van der Waals surface area contributed by atoms with Gasteiger partial charge in [-0.15, -0.1) is 0 Å². The average molecular weight is 394 g/mol. The van der Waals surface area contributed by atoms with Crippen LogP contribution in [0.2, 0.25) is 15.1 Å². The van der Waals surface area contributed by atoms with Crippen LogP contribution in [-0.4, -0.2) is 6.54 Å². The van der Waals surface area contributed by atoms with Gasteiger partial charge in [0.15, 0.2) is 0 Å². The van der Waals surface area contributed by atoms with Crippen LogP contribution in [0.4, 0.5) is 0 Å². The van der Waals surface area contributed by atoms with E-state index in [0.29, 0.717) is 15.1 Å². The summed E-state index contributed by atoms with van der Waals surface area (Å²) in [6, 6.07) is 11.5. The quantitative estimate of drug-likeness (QED) is 0.661. The number of nitrogens with one attached hydrogen (secondary N) is 1. The van der Waals surface area contributed by atoms with Gasteiger partial charge in [-0.1, -0.05) is 59.9 Å². The molecule has 0 amide bonds. The fraction of sp³-hybridized carbons (Fsp3) is 0.200. The van der Waals surface area contributed by atoms with Crippen molar-refractivity contribution in [2.75, 3.05) is 6.54 Å². The van der Waals surface area contributed by atoms with E-state index in [9.17, 15) is 0 Å². The SMILES string of the molecule is CCNC(c1ccc(Cl)c(Br)c1)c1cccc(Cl)c1Cl. The summed E-state index contributed by atoms with van der Waals surface area (Å²) in [7, 11) is 0. The first-order valence-electron chi connectivity index (χ1n) is 6.16. The second kappa shape index (κ2) is 7.15. The van der Waals surface area contributed by atoms with E-state index in [-0.39, 0.29) is 6.04 Å². The van der Waals surface area contributed by atoms with Crippen LogP contribution in [-0.2, 0) is 0 Å². The minimum absolute atomic E-state index is 0.0280. The molecule has 2 rings (SSSR count). The van der Waals surface area contributed by atoms with Crippen LogP contribution in [0.1, 0.15) is 24.1 Å². The van der Waals surface area contributed by atoms with Gasteiger partial charge in [0.2, 0.25) is 0 Å². The van der Waals surface area contributed by atoms with Gasteiger partial charge >= 0.3 is 0 Å². The summed E-state index contributed by atoms with van der Waals surface area (Å²) in [5, 5.41) is 5.24. The molecule has 0 aliphatic carbocycles. The van der Waals surface area contributed by atoms with Crippen molar-refractivity contribution in [2.45, 2.75) is 13.0 Å². The zero-order valence-corrected chi connectivity index (χ0v) is 14.6. The maximum absolute atomic E-state index is 6.33. The monoisotopic (exact) mass is 391 g/mol. The third-order valence-electron chi connectivity index (χ3n) is 2.98. The highest BCUT2D eigenvalue weighted by molar-refractivity contribution is 9.10. The van der Waals surface area contributed by atoms with Crippen LogP contribution in [0.3, 0.4) is 0 Å². The van der Waals surface area contributed by atoms with Crippen LogP contribution < -0.4 is 5.32 Å². The highest BCUT2D eigenvalue weighted by Crippen LogP contribution is 2.35. The molecule has 2 aromatic rings. The van der Waals surface area contributed by atoms with Gasteiger partial charge in [0.05, 0.1) is 21.1 Å². The second-order valence-electron chi connectivity index (χ2n) is 4.31. The summed E-state index contributed by atoms with van der Waals surface area (Å²) < 4.78 is 0.859. The molecular formula is C15H13BrCl3N. The van der Waals surface area contributed by atoms with Crippen LogP contribution in [0, 0.1) is 0 Å². The maximum Gasteiger partial charge on any atom is 0.0643 e. The van der Waals surface area contributed by atoms with Crippen molar-refractivity contribution >= 4 is 50.7 Å². The Morgan fingerprint density at radius 2 is 1.85 bits per heavy atom. The molecule has 0 bridgehead atoms. The van der Waals surface area contributed by atoms with Crippen molar-refractivity contribution in [2.24, 2.45) is 0 Å². The zero-order valence-electron chi connectivity index (χ0n) is 10.8. The highest BCUT2D eigenvalue weighted by atomic mass is 79.9. The average Bonchev–Trinajstić information content (AvgIpc) is 2.43. The molecule has 0 aliphatic rings. The Morgan fingerprint density at radius 3 is 2.50 bits per heavy atom. The van der Waals surface area contributed by atoms with Crippen molar-refractivity contribution in [1.82, 2.24) is 5.32 Å². The molecule has 0 spiro atoms. The van der Waals surface area contributed by atoms with E-state index in [2.05, 4.69) is 28.2 Å². The van der Waals surface area contributed by atoms with E-state index >= 15 is 0 Å². The number of benzene rings is 2. The summed E-state index contributed by atoms with van der Waals surface area (Å²) >= 11 is 21.9. The van der Waals surface area contributed by atoms with Crippen LogP contribution in [0.5, 0.6) is 0 Å². The van der Waals surface area contributed by atoms with Gasteiger partial charge in [0.25, 0.3) is 0 Å². The predicted octanol–water partition coefficient (Wildman–Crippen LogP) is 6.11. The zero-order chi connectivity index (χ0) is 14.7. The summed E-state index contributed by atoms with van der Waals surface area (Å²) in [5.74, 6) is 0. The summed E-state index contributed by atoms with van der Waals surface area (Å²) in [5.41, 5.74) is 2.03. The number of halogens is 4. The molecule has 0 aromatic heterocycles. The fourth-order valence-corrected chi connectivity index (χ4v) is 2.98. The first kappa shape index (κ1) is 16.1. The molecule has 1 unspecified atom stereocenters. The van der Waals surface area contributed by atoms with Gasteiger partial charge in [0.1, 0.15) is 0 Å². The van der Waals surface area contributed by atoms with Crippen molar-refractivity contribution in [3.8, 4) is 0 Å². The van der Waals surface area contributed by atoms with Gasteiger partial charge in [-0.2, -0.15) is 0 Å². The second-order valence-corrected chi connectivity index (χ2v) is 6.35. The van der Waals surface area contributed by atoms with Gasteiger partial charge in [-0.25, -0.2) is 0 Å². The lowest BCUT2D eigenvalue weighted by Crippen LogP contribution is -2.22. The third-order valence-corrected chi connectivity index (χ3v) is 5.03. The molecular weight excluding hydrogens is 380 g/mol. The third kappa shape index (κ3) is 3.49. The lowest BCUT2D eigenvalue weighted by atomic mass is 9.98. The normalized spacial score (nSPS) is 12.4. The van der Waals surface area contributed by atoms with Crippen molar-refractivity contribution in [1.29, 1.82) is 0 Å². The van der Waals surface area contributed by atoms with E-state index in [1.165, 1.54) is 0 Å². The molecule has 5 heteroatoms. The van der Waals surface area contributed by atoms with E-state index in [4.69, 9.17) is 34.8 Å². The van der Waals surface area contributed by atoms with E-state index in [1.54, 1.807) is 6.07 Å². The predicted molar refractivity (Wildman–Crippen MR) is 91.1 cm³/mol. The molecule has 0 saturated heterocycles. The Hall–Kier alpha value is -0.250. The Bertz CT molecular complexity index is 616. The Labute approximate surface area is 142 Å². The lowest BCUT2D eigenvalue weighted by molar-refractivity contribution is 0.630. The molecule has 0 saturated carbocycles. The summed E-state index contributed by atoms with van der Waals surface area (Å²) in [6.07, 6.45) is 0. The van der Waals surface area contributed by atoms with E-state index in [1.807, 2.05) is 30.3 Å². The molecule has 2 aromatic carbocycles. The van der Waals surface area contributed by atoms with Gasteiger partial charge in [-0.05, 0) is 51.8 Å². The van der Waals surface area contributed by atoms with Gasteiger partial charge in [0, 0.05) is 4.47 Å². The minimum Gasteiger partial charge on any atom is -0.306 e. The molecule has 0 heterocycles. The number of hydrogen-bond acceptors (Lipinski definition) is 1. The van der Waals surface area contributed by atoms with E-state index in [0.717, 1.165) is 22.1 Å². The largest absolute Gasteiger partial charge is 0.306 e. The first-order chi connectivity index (χ1) is 9.54. The van der Waals surface area contributed by atoms with E-state index < -0.39 is 0 Å². The number of hydrogen-bond donors (Lipinski definition) is 1. The van der Waals surface area contributed by atoms with Crippen molar-refractivity contribution in [3.63, 3.8) is 0 Å². The van der Waals surface area contributed by atoms with Crippen molar-refractivity contribution in [3.05, 3.63) is 67.1 Å². The Balaban J connectivity index is 2.50. The molecule has 0 fully saturated rings. The topological polar surface area (TPSA) is 12.0 Å². The van der Waals surface area contributed by atoms with Crippen LogP contribution in [0.25, 0.3) is 0 Å². The van der Waals surface area contributed by atoms with Gasteiger partial charge in [-0.3, -0.25) is 0 Å². The van der Waals surface area contributed by atoms with Crippen LogP contribution in [0.15, 0.2) is 40.9 Å². The maximum atomic E-state index is 6.33. The molecule has 1 nitrogen and oxygen atoms in total. The fourth-order valence-electron chi connectivity index (χ4n) is 2.05. The molecule has 0 radical (unpaired) electrons. The van der Waals surface area contributed by atoms with Crippen LogP contribution >= 0.6 is 50.7 Å². The Kier molecular flexibility index (Phi) is 5.76. The lowest BCUT2D eigenvalue weighted by Gasteiger charge is -2.21. The molecule has 20 heavy (non-hydrogen) atoms. The standard InChI is InChI=1S/C15H13BrCl3N/c1-2-20-15(9-6-7-12(17)11(16)8-9)10-4-3-5-13(18)14(10)19/h3-8,15,20H,2H2,1H3. The van der Waals surface area contributed by atoms with Crippen molar-refractivity contribution < 1.29 is 0 Å². The summed E-state index contributed by atoms with van der Waals surface area (Å²) in [6.45, 7) is 2.87.